The van der Waals surface area contributed by atoms with Gasteiger partial charge < -0.3 is 11.1 Å². The molecule has 1 aromatic rings. The molecule has 0 aromatic heterocycles. The van der Waals surface area contributed by atoms with Crippen molar-refractivity contribution in [3.8, 4) is 0 Å². The Hall–Kier alpha value is -1.09. The maximum absolute atomic E-state index is 5.79. The zero-order valence-electron chi connectivity index (χ0n) is 6.91. The maximum atomic E-state index is 5.79. The zero-order valence-corrected chi connectivity index (χ0v) is 7.81. The van der Waals surface area contributed by atoms with E-state index in [1.807, 2.05) is 30.3 Å². The standard InChI is InChI=1S/C9H12N2S/c1-11-9(12)8(10)7-5-3-2-4-6-7/h2-6,11-12H,10H2,1H3/b9-8-. The molecule has 0 heterocycles. The number of hydrogen-bond acceptors (Lipinski definition) is 3. The SMILES string of the molecule is CN/C(S)=C(/N)c1ccccc1. The topological polar surface area (TPSA) is 38.0 Å². The second kappa shape index (κ2) is 4.07. The van der Waals surface area contributed by atoms with Gasteiger partial charge in [-0.05, 0) is 0 Å². The Morgan fingerprint density at radius 1 is 1.33 bits per heavy atom. The number of thiol groups is 1. The summed E-state index contributed by atoms with van der Waals surface area (Å²) in [5.74, 6) is 0. The van der Waals surface area contributed by atoms with Crippen LogP contribution >= 0.6 is 12.6 Å². The first kappa shape index (κ1) is 9.00. The Kier molecular flexibility index (Phi) is 3.05. The van der Waals surface area contributed by atoms with Gasteiger partial charge in [-0.1, -0.05) is 30.3 Å². The van der Waals surface area contributed by atoms with Crippen LogP contribution in [0.1, 0.15) is 5.56 Å². The summed E-state index contributed by atoms with van der Waals surface area (Å²) in [5, 5.41) is 3.58. The van der Waals surface area contributed by atoms with Gasteiger partial charge in [-0.25, -0.2) is 0 Å². The highest BCUT2D eigenvalue weighted by molar-refractivity contribution is 7.84. The number of rotatable bonds is 2. The van der Waals surface area contributed by atoms with E-state index in [0.717, 1.165) is 5.56 Å². The minimum absolute atomic E-state index is 0.668. The van der Waals surface area contributed by atoms with Crippen molar-refractivity contribution in [2.75, 3.05) is 7.05 Å². The minimum atomic E-state index is 0.668. The van der Waals surface area contributed by atoms with Crippen molar-refractivity contribution in [3.05, 3.63) is 40.9 Å². The molecule has 1 rings (SSSR count). The van der Waals surface area contributed by atoms with Crippen LogP contribution in [0.2, 0.25) is 0 Å². The summed E-state index contributed by atoms with van der Waals surface area (Å²) in [6, 6.07) is 9.73. The molecule has 0 aliphatic heterocycles. The van der Waals surface area contributed by atoms with Gasteiger partial charge in [-0.2, -0.15) is 0 Å². The van der Waals surface area contributed by atoms with Crippen LogP contribution in [0, 0.1) is 0 Å². The Morgan fingerprint density at radius 3 is 2.42 bits per heavy atom. The normalized spacial score (nSPS) is 12.2. The molecule has 0 atom stereocenters. The van der Waals surface area contributed by atoms with Gasteiger partial charge >= 0.3 is 0 Å². The van der Waals surface area contributed by atoms with Crippen molar-refractivity contribution in [2.45, 2.75) is 0 Å². The molecule has 0 aliphatic carbocycles. The Morgan fingerprint density at radius 2 is 1.92 bits per heavy atom. The zero-order chi connectivity index (χ0) is 8.97. The van der Waals surface area contributed by atoms with E-state index in [2.05, 4.69) is 17.9 Å². The van der Waals surface area contributed by atoms with Gasteiger partial charge in [0.1, 0.15) is 0 Å². The number of nitrogens with one attached hydrogen (secondary N) is 1. The molecule has 2 nitrogen and oxygen atoms in total. The van der Waals surface area contributed by atoms with Crippen LogP contribution in [0.5, 0.6) is 0 Å². The number of hydrogen-bond donors (Lipinski definition) is 3. The monoisotopic (exact) mass is 180 g/mol. The average molecular weight is 180 g/mol. The summed E-state index contributed by atoms with van der Waals surface area (Å²) in [6.45, 7) is 0. The van der Waals surface area contributed by atoms with Crippen molar-refractivity contribution in [2.24, 2.45) is 5.73 Å². The van der Waals surface area contributed by atoms with E-state index in [9.17, 15) is 0 Å². The second-order valence-corrected chi connectivity index (χ2v) is 2.83. The van der Waals surface area contributed by atoms with Gasteiger partial charge in [-0.3, -0.25) is 0 Å². The Balaban J connectivity index is 3.00. The highest BCUT2D eigenvalue weighted by Gasteiger charge is 1.98. The van der Waals surface area contributed by atoms with Gasteiger partial charge in [0, 0.05) is 12.6 Å². The van der Waals surface area contributed by atoms with E-state index in [1.54, 1.807) is 7.05 Å². The van der Waals surface area contributed by atoms with Crippen LogP contribution in [-0.2, 0) is 0 Å². The van der Waals surface area contributed by atoms with E-state index in [-0.39, 0.29) is 0 Å². The molecule has 0 bridgehead atoms. The van der Waals surface area contributed by atoms with E-state index in [4.69, 9.17) is 5.73 Å². The first-order valence-corrected chi connectivity index (χ1v) is 4.12. The van der Waals surface area contributed by atoms with Crippen molar-refractivity contribution >= 4 is 18.3 Å². The van der Waals surface area contributed by atoms with Crippen LogP contribution in [0.25, 0.3) is 5.70 Å². The smallest absolute Gasteiger partial charge is 0.0888 e. The largest absolute Gasteiger partial charge is 0.396 e. The third-order valence-corrected chi connectivity index (χ3v) is 2.04. The molecule has 3 N–H and O–H groups in total. The third kappa shape index (κ3) is 1.95. The number of benzene rings is 1. The lowest BCUT2D eigenvalue weighted by molar-refractivity contribution is 1.08. The first-order chi connectivity index (χ1) is 5.75. The molecular formula is C9H12N2S. The molecule has 0 fully saturated rings. The molecule has 0 radical (unpaired) electrons. The van der Waals surface area contributed by atoms with E-state index in [0.29, 0.717) is 10.7 Å². The summed E-state index contributed by atoms with van der Waals surface area (Å²) in [6.07, 6.45) is 0. The summed E-state index contributed by atoms with van der Waals surface area (Å²) in [5.41, 5.74) is 7.44. The minimum Gasteiger partial charge on any atom is -0.396 e. The fourth-order valence-corrected chi connectivity index (χ4v) is 1.02. The molecule has 12 heavy (non-hydrogen) atoms. The molecule has 0 unspecified atom stereocenters. The van der Waals surface area contributed by atoms with Crippen molar-refractivity contribution in [3.63, 3.8) is 0 Å². The molecule has 0 aliphatic rings. The lowest BCUT2D eigenvalue weighted by atomic mass is 10.2. The van der Waals surface area contributed by atoms with Crippen molar-refractivity contribution < 1.29 is 0 Å². The predicted molar refractivity (Wildman–Crippen MR) is 55.6 cm³/mol. The van der Waals surface area contributed by atoms with Crippen LogP contribution in [0.4, 0.5) is 0 Å². The summed E-state index contributed by atoms with van der Waals surface area (Å²) >= 11 is 4.18. The van der Waals surface area contributed by atoms with Gasteiger partial charge in [0.2, 0.25) is 0 Å². The maximum Gasteiger partial charge on any atom is 0.0888 e. The summed E-state index contributed by atoms with van der Waals surface area (Å²) in [4.78, 5) is 0. The first-order valence-electron chi connectivity index (χ1n) is 3.67. The number of nitrogens with two attached hydrogens (primary N) is 1. The van der Waals surface area contributed by atoms with Crippen LogP contribution in [0.15, 0.2) is 35.4 Å². The fourth-order valence-electron chi connectivity index (χ4n) is 0.889. The highest BCUT2D eigenvalue weighted by Crippen LogP contribution is 2.12. The molecule has 1 aromatic carbocycles. The summed E-state index contributed by atoms with van der Waals surface area (Å²) in [7, 11) is 1.79. The molecule has 64 valence electrons. The van der Waals surface area contributed by atoms with Gasteiger partial charge in [-0.15, -0.1) is 12.6 Å². The lowest BCUT2D eigenvalue weighted by Gasteiger charge is -2.05. The van der Waals surface area contributed by atoms with Crippen LogP contribution in [0.3, 0.4) is 0 Å². The molecule has 3 heteroatoms. The Labute approximate surface area is 77.9 Å². The molecule has 0 spiro atoms. The fraction of sp³-hybridized carbons (Fsp3) is 0.111. The van der Waals surface area contributed by atoms with Crippen LogP contribution in [-0.4, -0.2) is 7.05 Å². The van der Waals surface area contributed by atoms with Crippen LogP contribution < -0.4 is 11.1 Å². The third-order valence-electron chi connectivity index (χ3n) is 1.58. The molecule has 0 saturated heterocycles. The van der Waals surface area contributed by atoms with Gasteiger partial charge in [0.25, 0.3) is 0 Å². The van der Waals surface area contributed by atoms with E-state index in [1.165, 1.54) is 0 Å². The van der Waals surface area contributed by atoms with Crippen molar-refractivity contribution in [1.29, 1.82) is 0 Å². The van der Waals surface area contributed by atoms with Gasteiger partial charge in [0.05, 0.1) is 10.7 Å². The molecular weight excluding hydrogens is 168 g/mol. The Bertz CT molecular complexity index is 280. The van der Waals surface area contributed by atoms with Gasteiger partial charge in [0.15, 0.2) is 0 Å². The lowest BCUT2D eigenvalue weighted by Crippen LogP contribution is -2.08. The highest BCUT2D eigenvalue weighted by atomic mass is 32.1. The van der Waals surface area contributed by atoms with E-state index >= 15 is 0 Å². The van der Waals surface area contributed by atoms with E-state index < -0.39 is 0 Å². The second-order valence-electron chi connectivity index (χ2n) is 2.38. The summed E-state index contributed by atoms with van der Waals surface area (Å²) < 4.78 is 0. The molecule has 0 amide bonds. The predicted octanol–water partition coefficient (Wildman–Crippen LogP) is 1.42. The quantitative estimate of drug-likeness (QED) is 0.602. The molecule has 0 saturated carbocycles. The average Bonchev–Trinajstić information content (AvgIpc) is 2.17. The van der Waals surface area contributed by atoms with Crippen molar-refractivity contribution in [1.82, 2.24) is 5.32 Å².